The fourth-order valence-electron chi connectivity index (χ4n) is 2.76. The summed E-state index contributed by atoms with van der Waals surface area (Å²) in [6.45, 7) is 0. The molecule has 146 valence electrons. The highest BCUT2D eigenvalue weighted by Gasteiger charge is 2.25. The number of primary amides is 1. The van der Waals surface area contributed by atoms with Crippen LogP contribution < -0.4 is 10.5 Å². The van der Waals surface area contributed by atoms with E-state index in [1.807, 2.05) is 47.8 Å². The predicted molar refractivity (Wildman–Crippen MR) is 113 cm³/mol. The van der Waals surface area contributed by atoms with Crippen LogP contribution >= 0.6 is 11.3 Å². The smallest absolute Gasteiger partial charge is 0.265 e. The van der Waals surface area contributed by atoms with Crippen LogP contribution in [0.5, 0.6) is 0 Å². The van der Waals surface area contributed by atoms with Crippen molar-refractivity contribution in [1.29, 1.82) is 0 Å². The van der Waals surface area contributed by atoms with Gasteiger partial charge in [-0.15, -0.1) is 11.3 Å². The summed E-state index contributed by atoms with van der Waals surface area (Å²) in [4.78, 5) is 12.0. The number of carbonyl (C=O) groups excluding carboxylic acids is 1. The zero-order valence-corrected chi connectivity index (χ0v) is 16.7. The number of hydrogen-bond acceptors (Lipinski definition) is 5. The number of thiophene rings is 1. The second kappa shape index (κ2) is 7.53. The highest BCUT2D eigenvalue weighted by Crippen LogP contribution is 2.31. The molecule has 0 saturated heterocycles. The average molecular weight is 425 g/mol. The number of hydrogen-bond donors (Lipinski definition) is 2. The standard InChI is InChI=1S/C20H16N4O3S2/c21-20(25)14-8-10-15(11-9-14)23-29(26,27)18-13-24(16-5-2-1-3-6-16)22-19(18)17-7-4-12-28-17/h1-13,23H,(H2,21,25). The highest BCUT2D eigenvalue weighted by molar-refractivity contribution is 7.92. The van der Waals surface area contributed by atoms with Crippen LogP contribution in [0, 0.1) is 0 Å². The van der Waals surface area contributed by atoms with Gasteiger partial charge in [0, 0.05) is 11.3 Å². The second-order valence-electron chi connectivity index (χ2n) is 6.15. The number of para-hydroxylation sites is 1. The molecule has 2 aromatic heterocycles. The number of aromatic nitrogens is 2. The molecule has 4 aromatic rings. The summed E-state index contributed by atoms with van der Waals surface area (Å²) >= 11 is 1.41. The first kappa shape index (κ1) is 18.9. The fourth-order valence-corrected chi connectivity index (χ4v) is 4.75. The van der Waals surface area contributed by atoms with Crippen LogP contribution in [0.25, 0.3) is 16.3 Å². The Morgan fingerprint density at radius 2 is 1.72 bits per heavy atom. The predicted octanol–water partition coefficient (Wildman–Crippen LogP) is 3.50. The van der Waals surface area contributed by atoms with Crippen LogP contribution in [0.4, 0.5) is 5.69 Å². The van der Waals surface area contributed by atoms with Crippen molar-refractivity contribution < 1.29 is 13.2 Å². The van der Waals surface area contributed by atoms with Gasteiger partial charge in [0.05, 0.1) is 16.8 Å². The van der Waals surface area contributed by atoms with Crippen molar-refractivity contribution in [2.45, 2.75) is 4.90 Å². The molecular weight excluding hydrogens is 408 g/mol. The van der Waals surface area contributed by atoms with E-state index in [1.165, 1.54) is 41.8 Å². The lowest BCUT2D eigenvalue weighted by Crippen LogP contribution is -2.14. The van der Waals surface area contributed by atoms with E-state index in [0.717, 1.165) is 10.6 Å². The third-order valence-corrected chi connectivity index (χ3v) is 6.43. The molecule has 29 heavy (non-hydrogen) atoms. The number of nitrogens with two attached hydrogens (primary N) is 1. The Morgan fingerprint density at radius 1 is 1.00 bits per heavy atom. The largest absolute Gasteiger partial charge is 0.366 e. The lowest BCUT2D eigenvalue weighted by molar-refractivity contribution is 0.100. The summed E-state index contributed by atoms with van der Waals surface area (Å²) in [5.41, 5.74) is 6.95. The van der Waals surface area contributed by atoms with Gasteiger partial charge in [-0.25, -0.2) is 13.1 Å². The zero-order chi connectivity index (χ0) is 20.4. The SMILES string of the molecule is NC(=O)c1ccc(NS(=O)(=O)c2cn(-c3ccccc3)nc2-c2cccs2)cc1. The van der Waals surface area contributed by atoms with E-state index in [0.29, 0.717) is 16.9 Å². The third kappa shape index (κ3) is 3.91. The molecule has 0 aliphatic rings. The average Bonchev–Trinajstić information content (AvgIpc) is 3.39. The Bertz CT molecular complexity index is 1250. The van der Waals surface area contributed by atoms with E-state index in [1.54, 1.807) is 4.68 Å². The van der Waals surface area contributed by atoms with Gasteiger partial charge < -0.3 is 5.73 Å². The summed E-state index contributed by atoms with van der Waals surface area (Å²) in [6.07, 6.45) is 1.49. The summed E-state index contributed by atoms with van der Waals surface area (Å²) < 4.78 is 30.3. The Morgan fingerprint density at radius 3 is 2.34 bits per heavy atom. The minimum atomic E-state index is -3.93. The van der Waals surface area contributed by atoms with Gasteiger partial charge in [0.15, 0.2) is 0 Å². The quantitative estimate of drug-likeness (QED) is 0.494. The first-order valence-corrected chi connectivity index (χ1v) is 10.9. The molecule has 0 bridgehead atoms. The summed E-state index contributed by atoms with van der Waals surface area (Å²) in [5.74, 6) is -0.580. The van der Waals surface area contributed by atoms with E-state index < -0.39 is 15.9 Å². The van der Waals surface area contributed by atoms with Crippen LogP contribution in [-0.2, 0) is 10.0 Å². The molecule has 1 amide bonds. The monoisotopic (exact) mass is 424 g/mol. The van der Waals surface area contributed by atoms with Crippen molar-refractivity contribution in [2.75, 3.05) is 4.72 Å². The Labute approximate surface area is 171 Å². The van der Waals surface area contributed by atoms with Crippen LogP contribution in [-0.4, -0.2) is 24.1 Å². The molecule has 0 atom stereocenters. The van der Waals surface area contributed by atoms with Crippen molar-refractivity contribution in [3.8, 4) is 16.3 Å². The molecule has 0 saturated carbocycles. The van der Waals surface area contributed by atoms with Crippen LogP contribution in [0.1, 0.15) is 10.4 Å². The summed E-state index contributed by atoms with van der Waals surface area (Å²) in [5, 5.41) is 6.38. The first-order chi connectivity index (χ1) is 13.9. The summed E-state index contributed by atoms with van der Waals surface area (Å²) in [7, 11) is -3.93. The molecule has 0 aliphatic heterocycles. The van der Waals surface area contributed by atoms with Gasteiger partial charge in [-0.3, -0.25) is 9.52 Å². The number of benzene rings is 2. The zero-order valence-electron chi connectivity index (χ0n) is 15.0. The van der Waals surface area contributed by atoms with E-state index in [-0.39, 0.29) is 4.90 Å². The maximum Gasteiger partial charge on any atom is 0.265 e. The minimum absolute atomic E-state index is 0.0581. The second-order valence-corrected chi connectivity index (χ2v) is 8.74. The molecule has 4 rings (SSSR count). The van der Waals surface area contributed by atoms with Gasteiger partial charge in [-0.1, -0.05) is 24.3 Å². The van der Waals surface area contributed by atoms with Crippen molar-refractivity contribution in [2.24, 2.45) is 5.73 Å². The number of sulfonamides is 1. The molecule has 0 fully saturated rings. The molecule has 2 aromatic carbocycles. The number of carbonyl (C=O) groups is 1. The van der Waals surface area contributed by atoms with Crippen molar-refractivity contribution in [3.63, 3.8) is 0 Å². The normalized spacial score (nSPS) is 11.3. The van der Waals surface area contributed by atoms with Gasteiger partial charge in [-0.05, 0) is 47.8 Å². The number of nitrogens with one attached hydrogen (secondary N) is 1. The fraction of sp³-hybridized carbons (Fsp3) is 0. The van der Waals surface area contributed by atoms with Gasteiger partial charge in [-0.2, -0.15) is 5.10 Å². The topological polar surface area (TPSA) is 107 Å². The molecule has 0 radical (unpaired) electrons. The van der Waals surface area contributed by atoms with Gasteiger partial charge >= 0.3 is 0 Å². The minimum Gasteiger partial charge on any atom is -0.366 e. The molecule has 7 nitrogen and oxygen atoms in total. The Kier molecular flexibility index (Phi) is 4.91. The van der Waals surface area contributed by atoms with Gasteiger partial charge in [0.25, 0.3) is 10.0 Å². The molecule has 9 heteroatoms. The van der Waals surface area contributed by atoms with Crippen molar-refractivity contribution >= 4 is 33.0 Å². The molecule has 0 spiro atoms. The third-order valence-electron chi connectivity index (χ3n) is 4.17. The first-order valence-electron chi connectivity index (χ1n) is 8.56. The molecule has 0 aliphatic carbocycles. The number of rotatable bonds is 6. The number of amides is 1. The highest BCUT2D eigenvalue weighted by atomic mass is 32.2. The van der Waals surface area contributed by atoms with Crippen LogP contribution in [0.2, 0.25) is 0 Å². The number of anilines is 1. The summed E-state index contributed by atoms with van der Waals surface area (Å²) in [6, 6.07) is 18.9. The van der Waals surface area contributed by atoms with Gasteiger partial charge in [0.1, 0.15) is 10.6 Å². The van der Waals surface area contributed by atoms with E-state index in [4.69, 9.17) is 5.73 Å². The Hall–Kier alpha value is -3.43. The molecule has 2 heterocycles. The van der Waals surface area contributed by atoms with Gasteiger partial charge in [0.2, 0.25) is 5.91 Å². The van der Waals surface area contributed by atoms with E-state index in [9.17, 15) is 13.2 Å². The van der Waals surface area contributed by atoms with Crippen molar-refractivity contribution in [1.82, 2.24) is 9.78 Å². The Balaban J connectivity index is 1.76. The molecular formula is C20H16N4O3S2. The lowest BCUT2D eigenvalue weighted by Gasteiger charge is -2.08. The van der Waals surface area contributed by atoms with E-state index >= 15 is 0 Å². The number of nitrogens with zero attached hydrogens (tertiary/aromatic N) is 2. The van der Waals surface area contributed by atoms with Crippen LogP contribution in [0.3, 0.4) is 0 Å². The molecule has 3 N–H and O–H groups in total. The molecule has 0 unspecified atom stereocenters. The van der Waals surface area contributed by atoms with E-state index in [2.05, 4.69) is 9.82 Å². The maximum atomic E-state index is 13.1. The van der Waals surface area contributed by atoms with Crippen molar-refractivity contribution in [3.05, 3.63) is 83.9 Å². The van der Waals surface area contributed by atoms with Crippen LogP contribution in [0.15, 0.2) is 83.2 Å². The lowest BCUT2D eigenvalue weighted by atomic mass is 10.2. The maximum absolute atomic E-state index is 13.1.